The molecule has 1 aliphatic carbocycles. The van der Waals surface area contributed by atoms with Crippen molar-refractivity contribution >= 4 is 21.8 Å². The summed E-state index contributed by atoms with van der Waals surface area (Å²) in [6, 6.07) is 5.56. The molecular weight excluding hydrogens is 294 g/mol. The minimum absolute atomic E-state index is 0.117. The van der Waals surface area contributed by atoms with Gasteiger partial charge < -0.3 is 10.4 Å². The van der Waals surface area contributed by atoms with E-state index < -0.39 is 5.60 Å². The van der Waals surface area contributed by atoms with Gasteiger partial charge in [-0.05, 0) is 37.5 Å². The fraction of sp³-hybridized carbons (Fsp3) is 0.500. The predicted octanol–water partition coefficient (Wildman–Crippen LogP) is 2.79. The first-order chi connectivity index (χ1) is 8.52. The number of carbonyl (C=O) groups is 1. The zero-order valence-electron chi connectivity index (χ0n) is 10.5. The monoisotopic (exact) mass is 311 g/mol. The minimum atomic E-state index is -0.699. The number of carbonyl (C=O) groups excluding carboxylic acids is 1. The molecule has 1 aliphatic rings. The number of hydrogen-bond acceptors (Lipinski definition) is 2. The molecule has 18 heavy (non-hydrogen) atoms. The Labute approximate surface area is 116 Å². The van der Waals surface area contributed by atoms with E-state index >= 15 is 0 Å². The fourth-order valence-electron chi connectivity index (χ4n) is 2.40. The molecule has 2 N–H and O–H groups in total. The number of aliphatic hydroxyl groups is 1. The van der Waals surface area contributed by atoms with Gasteiger partial charge in [-0.3, -0.25) is 4.79 Å². The van der Waals surface area contributed by atoms with Crippen LogP contribution in [0.25, 0.3) is 0 Å². The fourth-order valence-corrected chi connectivity index (χ4v) is 2.77. The van der Waals surface area contributed by atoms with Gasteiger partial charge in [-0.15, -0.1) is 0 Å². The quantitative estimate of drug-likeness (QED) is 0.902. The first-order valence-electron chi connectivity index (χ1n) is 6.27. The van der Waals surface area contributed by atoms with Crippen molar-refractivity contribution in [1.82, 2.24) is 5.32 Å². The number of hydrogen-bond donors (Lipinski definition) is 2. The molecule has 0 radical (unpaired) electrons. The Morgan fingerprint density at radius 2 is 2.11 bits per heavy atom. The molecular formula is C14H18BrNO2. The van der Waals surface area contributed by atoms with Gasteiger partial charge in [0.05, 0.1) is 5.60 Å². The normalized spacial score (nSPS) is 17.7. The van der Waals surface area contributed by atoms with Crippen molar-refractivity contribution in [2.75, 3.05) is 6.54 Å². The summed E-state index contributed by atoms with van der Waals surface area (Å²) in [6.07, 6.45) is 3.65. The van der Waals surface area contributed by atoms with Gasteiger partial charge in [-0.2, -0.15) is 0 Å². The van der Waals surface area contributed by atoms with Crippen LogP contribution in [0.15, 0.2) is 22.7 Å². The van der Waals surface area contributed by atoms with Crippen LogP contribution in [-0.2, 0) is 0 Å². The lowest BCUT2D eigenvalue weighted by molar-refractivity contribution is 0.0449. The maximum Gasteiger partial charge on any atom is 0.251 e. The smallest absolute Gasteiger partial charge is 0.251 e. The Bertz CT molecular complexity index is 453. The third-order valence-electron chi connectivity index (χ3n) is 3.62. The summed E-state index contributed by atoms with van der Waals surface area (Å²) in [5, 5.41) is 13.0. The topological polar surface area (TPSA) is 49.3 Å². The zero-order valence-corrected chi connectivity index (χ0v) is 12.1. The van der Waals surface area contributed by atoms with E-state index in [2.05, 4.69) is 21.2 Å². The van der Waals surface area contributed by atoms with Gasteiger partial charge in [0.2, 0.25) is 0 Å². The van der Waals surface area contributed by atoms with Crippen molar-refractivity contribution in [2.45, 2.75) is 38.2 Å². The summed E-state index contributed by atoms with van der Waals surface area (Å²) >= 11 is 3.41. The van der Waals surface area contributed by atoms with Gasteiger partial charge in [0.15, 0.2) is 0 Å². The molecule has 0 saturated heterocycles. The van der Waals surface area contributed by atoms with Crippen LogP contribution in [0.2, 0.25) is 0 Å². The van der Waals surface area contributed by atoms with Crippen LogP contribution in [0.4, 0.5) is 0 Å². The molecule has 3 nitrogen and oxygen atoms in total. The summed E-state index contributed by atoms with van der Waals surface area (Å²) in [6.45, 7) is 2.25. The maximum atomic E-state index is 12.1. The Morgan fingerprint density at radius 1 is 1.44 bits per heavy atom. The molecule has 98 valence electrons. The highest BCUT2D eigenvalue weighted by Crippen LogP contribution is 2.28. The van der Waals surface area contributed by atoms with E-state index in [1.54, 1.807) is 6.07 Å². The third-order valence-corrected chi connectivity index (χ3v) is 4.48. The van der Waals surface area contributed by atoms with Crippen LogP contribution in [-0.4, -0.2) is 23.2 Å². The summed E-state index contributed by atoms with van der Waals surface area (Å²) < 4.78 is 0.926. The van der Waals surface area contributed by atoms with E-state index in [4.69, 9.17) is 0 Å². The van der Waals surface area contributed by atoms with Crippen molar-refractivity contribution in [3.63, 3.8) is 0 Å². The van der Waals surface area contributed by atoms with E-state index in [1.807, 2.05) is 19.1 Å². The molecule has 2 rings (SSSR count). The zero-order chi connectivity index (χ0) is 13.2. The lowest BCUT2D eigenvalue weighted by Gasteiger charge is -2.22. The lowest BCUT2D eigenvalue weighted by Crippen LogP contribution is -2.40. The summed E-state index contributed by atoms with van der Waals surface area (Å²) in [4.78, 5) is 12.1. The predicted molar refractivity (Wildman–Crippen MR) is 74.6 cm³/mol. The minimum Gasteiger partial charge on any atom is -0.388 e. The first-order valence-corrected chi connectivity index (χ1v) is 7.07. The standard InChI is InChI=1S/C14H18BrNO2/c1-10-11(5-4-6-12(10)15)13(17)16-9-14(18)7-2-3-8-14/h4-6,18H,2-3,7-9H2,1H3,(H,16,17). The summed E-state index contributed by atoms with van der Waals surface area (Å²) in [5.41, 5.74) is 0.884. The molecule has 0 bridgehead atoms. The number of rotatable bonds is 3. The van der Waals surface area contributed by atoms with Gasteiger partial charge in [-0.25, -0.2) is 0 Å². The Morgan fingerprint density at radius 3 is 2.78 bits per heavy atom. The SMILES string of the molecule is Cc1c(Br)cccc1C(=O)NCC1(O)CCCC1. The largest absolute Gasteiger partial charge is 0.388 e. The van der Waals surface area contributed by atoms with E-state index in [0.29, 0.717) is 12.1 Å². The molecule has 1 aromatic rings. The highest BCUT2D eigenvalue weighted by Gasteiger charge is 2.31. The highest BCUT2D eigenvalue weighted by molar-refractivity contribution is 9.10. The molecule has 4 heteroatoms. The Kier molecular flexibility index (Phi) is 4.07. The molecule has 1 fully saturated rings. The van der Waals surface area contributed by atoms with Gasteiger partial charge >= 0.3 is 0 Å². The van der Waals surface area contributed by atoms with Crippen LogP contribution in [0, 0.1) is 6.92 Å². The molecule has 0 aliphatic heterocycles. The van der Waals surface area contributed by atoms with E-state index in [0.717, 1.165) is 35.7 Å². The van der Waals surface area contributed by atoms with Crippen molar-refractivity contribution < 1.29 is 9.90 Å². The van der Waals surface area contributed by atoms with Crippen molar-refractivity contribution in [2.24, 2.45) is 0 Å². The number of halogens is 1. The lowest BCUT2D eigenvalue weighted by atomic mass is 10.0. The summed E-state index contributed by atoms with van der Waals surface area (Å²) in [5.74, 6) is -0.117. The number of benzene rings is 1. The molecule has 0 heterocycles. The second kappa shape index (κ2) is 5.41. The molecule has 1 amide bonds. The molecule has 0 unspecified atom stereocenters. The van der Waals surface area contributed by atoms with Crippen molar-refractivity contribution in [3.05, 3.63) is 33.8 Å². The van der Waals surface area contributed by atoms with Gasteiger partial charge in [-0.1, -0.05) is 34.8 Å². The van der Waals surface area contributed by atoms with E-state index in [9.17, 15) is 9.90 Å². The van der Waals surface area contributed by atoms with Crippen LogP contribution in [0.5, 0.6) is 0 Å². The molecule has 0 spiro atoms. The maximum absolute atomic E-state index is 12.1. The Balaban J connectivity index is 2.01. The molecule has 0 aromatic heterocycles. The van der Waals surface area contributed by atoms with E-state index in [1.165, 1.54) is 0 Å². The molecule has 1 saturated carbocycles. The summed E-state index contributed by atoms with van der Waals surface area (Å²) in [7, 11) is 0. The van der Waals surface area contributed by atoms with Gasteiger partial charge in [0, 0.05) is 16.6 Å². The molecule has 0 atom stereocenters. The number of amides is 1. The van der Waals surface area contributed by atoms with Crippen molar-refractivity contribution in [3.8, 4) is 0 Å². The average molecular weight is 312 g/mol. The van der Waals surface area contributed by atoms with Crippen molar-refractivity contribution in [1.29, 1.82) is 0 Å². The second-order valence-corrected chi connectivity index (χ2v) is 5.88. The van der Waals surface area contributed by atoms with Crippen LogP contribution >= 0.6 is 15.9 Å². The van der Waals surface area contributed by atoms with E-state index in [-0.39, 0.29) is 5.91 Å². The third kappa shape index (κ3) is 2.93. The van der Waals surface area contributed by atoms with Crippen LogP contribution in [0.1, 0.15) is 41.6 Å². The first kappa shape index (κ1) is 13.6. The highest BCUT2D eigenvalue weighted by atomic mass is 79.9. The second-order valence-electron chi connectivity index (χ2n) is 5.03. The number of nitrogens with one attached hydrogen (secondary N) is 1. The average Bonchev–Trinajstić information content (AvgIpc) is 2.77. The van der Waals surface area contributed by atoms with Gasteiger partial charge in [0.25, 0.3) is 5.91 Å². The van der Waals surface area contributed by atoms with Crippen LogP contribution < -0.4 is 5.32 Å². The van der Waals surface area contributed by atoms with Gasteiger partial charge in [0.1, 0.15) is 0 Å². The Hall–Kier alpha value is -0.870. The van der Waals surface area contributed by atoms with Crippen LogP contribution in [0.3, 0.4) is 0 Å². The molecule has 1 aromatic carbocycles.